The molecule has 17 nitrogen and oxygen atoms in total. The van der Waals surface area contributed by atoms with Crippen LogP contribution in [0.1, 0.15) is 81.4 Å². The Labute approximate surface area is 378 Å². The maximum Gasteiger partial charge on any atom is 0.329 e. The predicted molar refractivity (Wildman–Crippen MR) is 237 cm³/mol. The van der Waals surface area contributed by atoms with Crippen LogP contribution in [-0.4, -0.2) is 95.6 Å². The molecule has 11 rings (SSSR count). The number of likely N-dealkylation sites (tertiary alicyclic amines) is 1. The van der Waals surface area contributed by atoms with Crippen molar-refractivity contribution in [3.05, 3.63) is 81.9 Å². The molecule has 2 aromatic heterocycles. The Hall–Kier alpha value is -6.01. The summed E-state index contributed by atoms with van der Waals surface area (Å²) in [5, 5.41) is 23.5. The van der Waals surface area contributed by atoms with Gasteiger partial charge in [0.15, 0.2) is 17.4 Å². The van der Waals surface area contributed by atoms with Gasteiger partial charge in [0.1, 0.15) is 27.9 Å². The zero-order chi connectivity index (χ0) is 45.9. The highest BCUT2D eigenvalue weighted by molar-refractivity contribution is 7.90. The number of carbonyl (C=O) groups excluding carboxylic acids is 2. The summed E-state index contributed by atoms with van der Waals surface area (Å²) in [5.74, 6) is -1.60. The largest absolute Gasteiger partial charge is 0.453 e. The fourth-order valence-electron chi connectivity index (χ4n) is 11.8. The van der Waals surface area contributed by atoms with Gasteiger partial charge in [-0.1, -0.05) is 18.9 Å². The van der Waals surface area contributed by atoms with Gasteiger partial charge < -0.3 is 19.3 Å². The number of sulfonamides is 1. The topological polar surface area (TPSA) is 211 Å². The second-order valence-electron chi connectivity index (χ2n) is 19.2. The number of aryl methyl sites for hydroxylation is 1. The number of nitrogens with two attached hydrogens (primary N) is 1. The van der Waals surface area contributed by atoms with Crippen LogP contribution in [-0.2, 0) is 31.3 Å². The summed E-state index contributed by atoms with van der Waals surface area (Å²) in [7, 11) is -2.40. The minimum Gasteiger partial charge on any atom is -0.453 e. The van der Waals surface area contributed by atoms with E-state index < -0.39 is 32.4 Å². The lowest BCUT2D eigenvalue weighted by molar-refractivity contribution is -0.120. The van der Waals surface area contributed by atoms with E-state index in [0.29, 0.717) is 59.8 Å². The predicted octanol–water partition coefficient (Wildman–Crippen LogP) is 5.19. The average Bonchev–Trinajstić information content (AvgIpc) is 4.00. The molecule has 3 aromatic carbocycles. The molecular weight excluding hydrogens is 875 g/mol. The van der Waals surface area contributed by atoms with Crippen molar-refractivity contribution in [3.8, 4) is 17.6 Å². The van der Waals surface area contributed by atoms with Crippen molar-refractivity contribution in [2.75, 3.05) is 49.1 Å². The molecule has 3 amide bonds. The molecule has 2 spiro atoms. The van der Waals surface area contributed by atoms with Gasteiger partial charge in [-0.05, 0) is 86.9 Å². The third-order valence-electron chi connectivity index (χ3n) is 15.4. The van der Waals surface area contributed by atoms with Gasteiger partial charge in [-0.15, -0.1) is 0 Å². The third-order valence-corrected chi connectivity index (χ3v) is 17.1. The first-order valence-corrected chi connectivity index (χ1v) is 24.0. The van der Waals surface area contributed by atoms with Crippen LogP contribution in [0.2, 0.25) is 0 Å². The van der Waals surface area contributed by atoms with E-state index in [-0.39, 0.29) is 82.4 Å². The molecule has 2 aliphatic carbocycles. The van der Waals surface area contributed by atoms with Gasteiger partial charge in [-0.2, -0.15) is 10.4 Å². The fourth-order valence-corrected chi connectivity index (χ4v) is 13.2. The standard InChI is InChI=1S/C46H48F2N10O7S/c1-54-37-18-38(35(48)17-31(37)41(53-54)57-13-8-39(59)52-43(57)61)56-24-44(25-56)19-27(20-44)55-14-11-45(12-15-55)21-28(23-64-45)58-26-51-36-7-4-29(16-30(36)42(58)60)65-40-32(22-49)33(5-6-34(40)47)46(66(50,62)63)9-2-3-10-46/h4-7,16-18,26-28H,2-3,8-15,19-21,23-25H2,1H3,(H2,50,62,63)(H,52,59,61)/t28-/m1/s1. The first-order chi connectivity index (χ1) is 31.6. The van der Waals surface area contributed by atoms with Crippen LogP contribution in [0.4, 0.5) is 25.1 Å². The first-order valence-electron chi connectivity index (χ1n) is 22.4. The second kappa shape index (κ2) is 15.3. The summed E-state index contributed by atoms with van der Waals surface area (Å²) in [5.41, 5.74) is 0.911. The van der Waals surface area contributed by atoms with Crippen LogP contribution in [0.15, 0.2) is 53.6 Å². The highest BCUT2D eigenvalue weighted by atomic mass is 32.2. The van der Waals surface area contributed by atoms with Crippen LogP contribution in [0.25, 0.3) is 21.8 Å². The number of nitriles is 1. The van der Waals surface area contributed by atoms with Crippen molar-refractivity contribution in [2.24, 2.45) is 17.6 Å². The van der Waals surface area contributed by atoms with E-state index in [9.17, 15) is 28.1 Å². The molecule has 6 fully saturated rings. The van der Waals surface area contributed by atoms with E-state index in [1.165, 1.54) is 35.5 Å². The number of rotatable bonds is 8. The number of hydrogen-bond acceptors (Lipinski definition) is 12. The first kappa shape index (κ1) is 42.6. The molecule has 0 radical (unpaired) electrons. The van der Waals surface area contributed by atoms with Gasteiger partial charge in [0.05, 0.1) is 46.7 Å². The van der Waals surface area contributed by atoms with E-state index in [0.717, 1.165) is 57.9 Å². The van der Waals surface area contributed by atoms with Gasteiger partial charge in [-0.3, -0.25) is 29.1 Å². The SMILES string of the molecule is Cn1nc(N2CCC(=O)NC2=O)c2cc(F)c(N3CC4(CC(N5CCC6(CC5)C[C@@H](n5cnc7ccc(Oc8c(F)ccc(C9(S(N)(=O)=O)CCCC9)c8C#N)cc7c5=O)CO6)C4)C3)cc21. The molecule has 66 heavy (non-hydrogen) atoms. The lowest BCUT2D eigenvalue weighted by atomic mass is 9.59. The van der Waals surface area contributed by atoms with Crippen LogP contribution in [0.5, 0.6) is 11.5 Å². The Balaban J connectivity index is 0.724. The summed E-state index contributed by atoms with van der Waals surface area (Å²) in [6, 6.07) is 11.7. The number of imide groups is 1. The number of halogens is 2. The normalized spacial score (nSPS) is 22.8. The summed E-state index contributed by atoms with van der Waals surface area (Å²) >= 11 is 0. The zero-order valence-corrected chi connectivity index (χ0v) is 37.1. The zero-order valence-electron chi connectivity index (χ0n) is 36.3. The highest BCUT2D eigenvalue weighted by Crippen LogP contribution is 2.54. The molecule has 1 atom stereocenters. The van der Waals surface area contributed by atoms with Crippen LogP contribution in [0.3, 0.4) is 0 Å². The van der Waals surface area contributed by atoms with Crippen molar-refractivity contribution < 1.29 is 36.3 Å². The number of amides is 3. The second-order valence-corrected chi connectivity index (χ2v) is 21.1. The maximum absolute atomic E-state index is 15.7. The van der Waals surface area contributed by atoms with Crippen molar-refractivity contribution in [2.45, 2.75) is 86.6 Å². The highest BCUT2D eigenvalue weighted by Gasteiger charge is 2.55. The fraction of sp³-hybridized carbons (Fsp3) is 0.478. The van der Waals surface area contributed by atoms with Crippen molar-refractivity contribution in [3.63, 3.8) is 0 Å². The van der Waals surface area contributed by atoms with Crippen molar-refractivity contribution in [1.82, 2.24) is 29.5 Å². The molecule has 20 heteroatoms. The number of carbonyl (C=O) groups is 2. The third kappa shape index (κ3) is 6.75. The molecule has 3 N–H and O–H groups in total. The summed E-state index contributed by atoms with van der Waals surface area (Å²) < 4.78 is 71.0. The lowest BCUT2D eigenvalue weighted by Crippen LogP contribution is -2.67. The smallest absolute Gasteiger partial charge is 0.329 e. The number of fused-ring (bicyclic) bond motifs is 2. The number of benzene rings is 3. The Morgan fingerprint density at radius 3 is 2.41 bits per heavy atom. The number of nitrogens with one attached hydrogen (secondary N) is 1. The van der Waals surface area contributed by atoms with Gasteiger partial charge in [0.25, 0.3) is 5.56 Å². The van der Waals surface area contributed by atoms with Gasteiger partial charge >= 0.3 is 6.03 Å². The number of ether oxygens (including phenoxy) is 2. The number of aromatic nitrogens is 4. The van der Waals surface area contributed by atoms with Crippen LogP contribution < -0.4 is 30.6 Å². The van der Waals surface area contributed by atoms with Crippen molar-refractivity contribution in [1.29, 1.82) is 5.26 Å². The van der Waals surface area contributed by atoms with Gasteiger partial charge in [0, 0.05) is 63.0 Å². The van der Waals surface area contributed by atoms with Crippen molar-refractivity contribution >= 4 is 55.3 Å². The van der Waals surface area contributed by atoms with E-state index in [1.54, 1.807) is 28.4 Å². The van der Waals surface area contributed by atoms with E-state index in [1.807, 2.05) is 6.07 Å². The summed E-state index contributed by atoms with van der Waals surface area (Å²) in [4.78, 5) is 48.8. The molecule has 344 valence electrons. The average molecular weight is 923 g/mol. The quantitative estimate of drug-likeness (QED) is 0.206. The molecule has 0 bridgehead atoms. The number of piperidine rings is 1. The molecule has 6 aliphatic rings. The molecular formula is C46H48F2N10O7S. The number of hydrogen-bond donors (Lipinski definition) is 2. The monoisotopic (exact) mass is 922 g/mol. The van der Waals surface area contributed by atoms with E-state index in [4.69, 9.17) is 14.6 Å². The molecule has 4 saturated heterocycles. The van der Waals surface area contributed by atoms with Gasteiger partial charge in [0.2, 0.25) is 15.9 Å². The minimum atomic E-state index is -4.16. The Bertz CT molecular complexity index is 3090. The summed E-state index contributed by atoms with van der Waals surface area (Å²) in [6.45, 7) is 3.76. The number of nitrogens with zero attached hydrogens (tertiary/aromatic N) is 8. The van der Waals surface area contributed by atoms with Crippen LogP contribution >= 0.6 is 0 Å². The Morgan fingerprint density at radius 1 is 0.939 bits per heavy atom. The molecule has 2 saturated carbocycles. The molecule has 0 unspecified atom stereocenters. The Kier molecular flexibility index (Phi) is 9.86. The number of anilines is 2. The van der Waals surface area contributed by atoms with Gasteiger partial charge in [-0.25, -0.2) is 32.1 Å². The summed E-state index contributed by atoms with van der Waals surface area (Å²) in [6.07, 6.45) is 7.59. The number of primary sulfonamides is 1. The Morgan fingerprint density at radius 2 is 1.70 bits per heavy atom. The van der Waals surface area contributed by atoms with E-state index >= 15 is 8.78 Å². The van der Waals surface area contributed by atoms with E-state index in [2.05, 4.69) is 25.2 Å². The maximum atomic E-state index is 15.7. The lowest BCUT2D eigenvalue weighted by Gasteiger charge is -2.62. The van der Waals surface area contributed by atoms with Crippen LogP contribution in [0, 0.1) is 28.4 Å². The molecule has 6 heterocycles. The minimum absolute atomic E-state index is 0.0839. The molecule has 4 aliphatic heterocycles. The number of urea groups is 1. The molecule has 5 aromatic rings.